The molecule has 4 rings (SSSR count). The standard InChI is InChI=1S/C40H47N3O6/c1-9-34(49-33-24-19-28(39(4,5)10-2)25-32(33)40(6,7)11-3)41-35(45)27-17-20-29(21-18-27)43-37(47)31(36(46)42(8)38(43)48)14-12-13-26-15-22-30(44)23-16-26/h12-25,34,44H,9-11H2,1-8H3,(H,41,45). The normalized spacial score (nSPS) is 15.7. The molecule has 3 aromatic rings. The molecule has 9 nitrogen and oxygen atoms in total. The molecule has 0 radical (unpaired) electrons. The molecule has 258 valence electrons. The van der Waals surface area contributed by atoms with E-state index in [0.29, 0.717) is 12.0 Å². The molecule has 0 bridgehead atoms. The second-order valence-electron chi connectivity index (χ2n) is 13.5. The van der Waals surface area contributed by atoms with Crippen molar-refractivity contribution >= 4 is 35.5 Å². The Kier molecular flexibility index (Phi) is 11.2. The maximum Gasteiger partial charge on any atom is 0.338 e. The number of ether oxygens (including phenoxy) is 1. The number of aromatic hydroxyl groups is 1. The zero-order chi connectivity index (χ0) is 36.1. The van der Waals surface area contributed by atoms with Crippen LogP contribution >= 0.6 is 0 Å². The van der Waals surface area contributed by atoms with E-state index < -0.39 is 24.1 Å². The van der Waals surface area contributed by atoms with Gasteiger partial charge in [0.25, 0.3) is 17.7 Å². The van der Waals surface area contributed by atoms with Gasteiger partial charge < -0.3 is 15.2 Å². The number of likely N-dealkylation sites (N-methyl/N-ethyl adjacent to an activating group) is 1. The number of phenolic OH excluding ortho intramolecular Hbond substituents is 1. The molecule has 1 atom stereocenters. The van der Waals surface area contributed by atoms with E-state index in [-0.39, 0.29) is 33.7 Å². The fraction of sp³-hybridized carbons (Fsp3) is 0.350. The van der Waals surface area contributed by atoms with E-state index in [1.165, 1.54) is 61.2 Å². The van der Waals surface area contributed by atoms with Crippen LogP contribution in [0.15, 0.2) is 84.5 Å². The zero-order valence-electron chi connectivity index (χ0n) is 29.7. The maximum atomic E-state index is 13.4. The largest absolute Gasteiger partial charge is 0.508 e. The third-order valence-electron chi connectivity index (χ3n) is 9.47. The first-order chi connectivity index (χ1) is 23.1. The molecule has 0 spiro atoms. The lowest BCUT2D eigenvalue weighted by atomic mass is 9.76. The first kappa shape index (κ1) is 36.7. The lowest BCUT2D eigenvalue weighted by Gasteiger charge is -2.32. The van der Waals surface area contributed by atoms with Crippen molar-refractivity contribution < 1.29 is 29.0 Å². The minimum atomic E-state index is -0.800. The Morgan fingerprint density at radius 3 is 2.10 bits per heavy atom. The van der Waals surface area contributed by atoms with Crippen molar-refractivity contribution in [3.05, 3.63) is 107 Å². The number of benzene rings is 3. The Hall–Kier alpha value is -5.18. The van der Waals surface area contributed by atoms with Gasteiger partial charge in [-0.25, -0.2) is 9.69 Å². The number of hydrogen-bond acceptors (Lipinski definition) is 6. The van der Waals surface area contributed by atoms with Gasteiger partial charge in [-0.1, -0.05) is 84.9 Å². The van der Waals surface area contributed by atoms with Crippen molar-refractivity contribution in [2.24, 2.45) is 0 Å². The van der Waals surface area contributed by atoms with Crippen molar-refractivity contribution in [2.75, 3.05) is 11.9 Å². The number of amides is 5. The fourth-order valence-corrected chi connectivity index (χ4v) is 5.26. The number of carbonyl (C=O) groups excluding carboxylic acids is 4. The highest BCUT2D eigenvalue weighted by Crippen LogP contribution is 2.39. The molecule has 1 saturated heterocycles. The lowest BCUT2D eigenvalue weighted by molar-refractivity contribution is -0.128. The summed E-state index contributed by atoms with van der Waals surface area (Å²) in [6, 6.07) is 18.0. The van der Waals surface area contributed by atoms with Crippen LogP contribution in [0.1, 0.15) is 94.8 Å². The minimum absolute atomic E-state index is 0.0135. The highest BCUT2D eigenvalue weighted by Gasteiger charge is 2.40. The number of nitrogens with one attached hydrogen (secondary N) is 1. The predicted molar refractivity (Wildman–Crippen MR) is 193 cm³/mol. The Balaban J connectivity index is 1.52. The Morgan fingerprint density at radius 1 is 0.878 bits per heavy atom. The number of carbonyl (C=O) groups is 4. The molecule has 1 unspecified atom stereocenters. The van der Waals surface area contributed by atoms with Crippen molar-refractivity contribution in [3.63, 3.8) is 0 Å². The lowest BCUT2D eigenvalue weighted by Crippen LogP contribution is -2.55. The van der Waals surface area contributed by atoms with Gasteiger partial charge >= 0.3 is 6.03 Å². The molecular weight excluding hydrogens is 618 g/mol. The molecule has 1 fully saturated rings. The summed E-state index contributed by atoms with van der Waals surface area (Å²) in [5, 5.41) is 12.4. The van der Waals surface area contributed by atoms with E-state index >= 15 is 0 Å². The summed E-state index contributed by atoms with van der Waals surface area (Å²) in [7, 11) is 1.31. The average Bonchev–Trinajstić information content (AvgIpc) is 3.09. The third kappa shape index (κ3) is 8.11. The second-order valence-corrected chi connectivity index (χ2v) is 13.5. The second kappa shape index (κ2) is 14.9. The van der Waals surface area contributed by atoms with Gasteiger partial charge in [0.1, 0.15) is 17.1 Å². The van der Waals surface area contributed by atoms with Gasteiger partial charge in [0.2, 0.25) is 0 Å². The van der Waals surface area contributed by atoms with Crippen molar-refractivity contribution in [3.8, 4) is 11.5 Å². The quantitative estimate of drug-likeness (QED) is 0.116. The number of imide groups is 2. The Labute approximate surface area is 289 Å². The Morgan fingerprint density at radius 2 is 1.51 bits per heavy atom. The molecule has 0 aliphatic carbocycles. The van der Waals surface area contributed by atoms with Crippen LogP contribution in [0.4, 0.5) is 10.5 Å². The summed E-state index contributed by atoms with van der Waals surface area (Å²) in [4.78, 5) is 54.4. The van der Waals surface area contributed by atoms with Crippen LogP contribution in [0.2, 0.25) is 0 Å². The first-order valence-electron chi connectivity index (χ1n) is 16.7. The first-order valence-corrected chi connectivity index (χ1v) is 16.7. The predicted octanol–water partition coefficient (Wildman–Crippen LogP) is 7.88. The van der Waals surface area contributed by atoms with E-state index in [1.807, 2.05) is 13.0 Å². The number of nitrogens with zero attached hydrogens (tertiary/aromatic N) is 2. The topological polar surface area (TPSA) is 116 Å². The number of hydrogen-bond donors (Lipinski definition) is 2. The number of barbiturate groups is 1. The van der Waals surface area contributed by atoms with Gasteiger partial charge in [0.05, 0.1) is 5.69 Å². The van der Waals surface area contributed by atoms with Gasteiger partial charge in [-0.2, -0.15) is 0 Å². The molecule has 1 heterocycles. The average molecular weight is 666 g/mol. The number of urea groups is 1. The molecule has 0 saturated carbocycles. The van der Waals surface area contributed by atoms with Crippen LogP contribution in [0, 0.1) is 0 Å². The van der Waals surface area contributed by atoms with E-state index in [9.17, 15) is 24.3 Å². The smallest absolute Gasteiger partial charge is 0.338 e. The fourth-order valence-electron chi connectivity index (χ4n) is 5.26. The van der Waals surface area contributed by atoms with Crippen LogP contribution in [0.3, 0.4) is 0 Å². The highest BCUT2D eigenvalue weighted by atomic mass is 16.5. The monoisotopic (exact) mass is 665 g/mol. The van der Waals surface area contributed by atoms with Gasteiger partial charge in [0.15, 0.2) is 6.23 Å². The molecule has 0 aromatic heterocycles. The van der Waals surface area contributed by atoms with Crippen LogP contribution < -0.4 is 15.0 Å². The summed E-state index contributed by atoms with van der Waals surface area (Å²) >= 11 is 0. The van der Waals surface area contributed by atoms with E-state index in [0.717, 1.165) is 39.5 Å². The van der Waals surface area contributed by atoms with E-state index in [1.54, 1.807) is 18.2 Å². The maximum absolute atomic E-state index is 13.4. The number of allylic oxidation sites excluding steroid dienone is 2. The van der Waals surface area contributed by atoms with Crippen molar-refractivity contribution in [2.45, 2.75) is 84.8 Å². The minimum Gasteiger partial charge on any atom is -0.508 e. The highest BCUT2D eigenvalue weighted by molar-refractivity contribution is 6.37. The molecule has 49 heavy (non-hydrogen) atoms. The van der Waals surface area contributed by atoms with Gasteiger partial charge in [0, 0.05) is 24.6 Å². The summed E-state index contributed by atoms with van der Waals surface area (Å²) in [6.07, 6.45) is 6.38. The van der Waals surface area contributed by atoms with Gasteiger partial charge in [-0.05, 0) is 83.3 Å². The van der Waals surface area contributed by atoms with Crippen LogP contribution in [0.25, 0.3) is 6.08 Å². The van der Waals surface area contributed by atoms with E-state index in [2.05, 4.69) is 59.0 Å². The van der Waals surface area contributed by atoms with Gasteiger partial charge in [-0.3, -0.25) is 19.3 Å². The van der Waals surface area contributed by atoms with Crippen molar-refractivity contribution in [1.29, 1.82) is 0 Å². The van der Waals surface area contributed by atoms with Crippen LogP contribution in [-0.2, 0) is 20.4 Å². The van der Waals surface area contributed by atoms with Crippen LogP contribution in [0.5, 0.6) is 11.5 Å². The molecular formula is C40H47N3O6. The summed E-state index contributed by atoms with van der Waals surface area (Å²) in [5.41, 5.74) is 3.28. The number of phenols is 1. The number of anilines is 1. The molecule has 1 aliphatic rings. The number of rotatable bonds is 12. The van der Waals surface area contributed by atoms with Crippen LogP contribution in [-0.4, -0.2) is 47.0 Å². The molecule has 1 aliphatic heterocycles. The molecule has 3 aromatic carbocycles. The summed E-state index contributed by atoms with van der Waals surface area (Å²) in [6.45, 7) is 15.1. The molecule has 2 N–H and O–H groups in total. The van der Waals surface area contributed by atoms with E-state index in [4.69, 9.17) is 4.74 Å². The van der Waals surface area contributed by atoms with Gasteiger partial charge in [-0.15, -0.1) is 0 Å². The Bertz CT molecular complexity index is 1770. The summed E-state index contributed by atoms with van der Waals surface area (Å²) in [5.74, 6) is -1.03. The SMILES string of the molecule is CCC(NC(=O)c1ccc(N2C(=O)C(=CC=Cc3ccc(O)cc3)C(=O)N(C)C2=O)cc1)Oc1ccc(C(C)(C)CC)cc1C(C)(C)CC. The molecule has 9 heteroatoms. The zero-order valence-corrected chi connectivity index (χ0v) is 29.7. The summed E-state index contributed by atoms with van der Waals surface area (Å²) < 4.78 is 6.43. The molecule has 5 amide bonds. The third-order valence-corrected chi connectivity index (χ3v) is 9.47. The van der Waals surface area contributed by atoms with Crippen molar-refractivity contribution in [1.82, 2.24) is 10.2 Å².